The number of nitrogens with zero attached hydrogens (tertiary/aromatic N) is 4. The zero-order chi connectivity index (χ0) is 23.7. The van der Waals surface area contributed by atoms with Gasteiger partial charge in [-0.3, -0.25) is 19.0 Å². The van der Waals surface area contributed by atoms with Crippen LogP contribution in [0.4, 0.5) is 4.39 Å². The molecule has 0 bridgehead atoms. The molecule has 9 heteroatoms. The molecule has 5 rings (SSSR count). The number of fused-ring (bicyclic) bond motifs is 1. The Hall–Kier alpha value is -4.27. The summed E-state index contributed by atoms with van der Waals surface area (Å²) in [6.07, 6.45) is 2.99. The molecule has 172 valence electrons. The van der Waals surface area contributed by atoms with Gasteiger partial charge in [0.25, 0.3) is 17.4 Å². The van der Waals surface area contributed by atoms with E-state index in [1.807, 2.05) is 0 Å². The normalized spacial score (nSPS) is 13.9. The molecule has 1 aromatic carbocycles. The van der Waals surface area contributed by atoms with Crippen LogP contribution in [0.2, 0.25) is 0 Å². The van der Waals surface area contributed by atoms with Crippen molar-refractivity contribution in [1.82, 2.24) is 19.4 Å². The second kappa shape index (κ2) is 8.93. The fourth-order valence-electron chi connectivity index (χ4n) is 4.14. The van der Waals surface area contributed by atoms with Gasteiger partial charge in [-0.2, -0.15) is 0 Å². The third-order valence-corrected chi connectivity index (χ3v) is 5.95. The molecule has 4 aromatic rings. The minimum absolute atomic E-state index is 0.0114. The van der Waals surface area contributed by atoms with Crippen molar-refractivity contribution in [2.75, 3.05) is 26.2 Å². The molecule has 1 fully saturated rings. The summed E-state index contributed by atoms with van der Waals surface area (Å²) in [6, 6.07) is 14.4. The lowest BCUT2D eigenvalue weighted by Gasteiger charge is -2.34. The Morgan fingerprint density at radius 1 is 0.941 bits per heavy atom. The van der Waals surface area contributed by atoms with Crippen LogP contribution in [0.3, 0.4) is 0 Å². The van der Waals surface area contributed by atoms with Gasteiger partial charge in [-0.15, -0.1) is 0 Å². The van der Waals surface area contributed by atoms with Crippen LogP contribution in [0.25, 0.3) is 11.0 Å². The predicted octanol–water partition coefficient (Wildman–Crippen LogP) is 2.78. The second-order valence-corrected chi connectivity index (χ2v) is 8.02. The standard InChI is InChI=1S/C25H21FN4O4/c26-20-7-2-1-5-18(20)16-30-22-17(6-3-9-27-22)15-19(24(30)32)23(31)28-10-12-29(13-11-28)25(33)21-8-4-14-34-21/h1-9,14-15H,10-13,16H2. The molecule has 0 atom stereocenters. The third kappa shape index (κ3) is 3.96. The number of rotatable bonds is 4. The number of carbonyl (C=O) groups is 2. The minimum Gasteiger partial charge on any atom is -0.459 e. The van der Waals surface area contributed by atoms with E-state index in [1.165, 1.54) is 23.0 Å². The van der Waals surface area contributed by atoms with Crippen LogP contribution in [0.5, 0.6) is 0 Å². The van der Waals surface area contributed by atoms with E-state index < -0.39 is 17.3 Å². The fourth-order valence-corrected chi connectivity index (χ4v) is 4.14. The molecular formula is C25H21FN4O4. The predicted molar refractivity (Wildman–Crippen MR) is 122 cm³/mol. The Bertz CT molecular complexity index is 1420. The Labute approximate surface area is 193 Å². The molecule has 0 radical (unpaired) electrons. The van der Waals surface area contributed by atoms with Gasteiger partial charge < -0.3 is 14.2 Å². The summed E-state index contributed by atoms with van der Waals surface area (Å²) in [5.74, 6) is -0.852. The zero-order valence-electron chi connectivity index (χ0n) is 18.2. The second-order valence-electron chi connectivity index (χ2n) is 8.02. The molecule has 2 amide bonds. The average Bonchev–Trinajstić information content (AvgIpc) is 3.41. The molecule has 1 aliphatic heterocycles. The molecule has 34 heavy (non-hydrogen) atoms. The molecule has 4 heterocycles. The fraction of sp³-hybridized carbons (Fsp3) is 0.200. The van der Waals surface area contributed by atoms with Crippen LogP contribution in [0, 0.1) is 5.82 Å². The molecule has 1 saturated heterocycles. The first-order valence-electron chi connectivity index (χ1n) is 10.9. The van der Waals surface area contributed by atoms with Gasteiger partial charge in [0.2, 0.25) is 0 Å². The highest BCUT2D eigenvalue weighted by atomic mass is 19.1. The SMILES string of the molecule is O=C(c1ccco1)N1CCN(C(=O)c2cc3cccnc3n(Cc3ccccc3F)c2=O)CC1. The zero-order valence-corrected chi connectivity index (χ0v) is 18.2. The van der Waals surface area contributed by atoms with Crippen LogP contribution in [-0.2, 0) is 6.54 Å². The van der Waals surface area contributed by atoms with E-state index in [-0.39, 0.29) is 36.9 Å². The summed E-state index contributed by atoms with van der Waals surface area (Å²) in [7, 11) is 0. The molecule has 3 aromatic heterocycles. The smallest absolute Gasteiger partial charge is 0.289 e. The van der Waals surface area contributed by atoms with E-state index in [0.717, 1.165) is 0 Å². The van der Waals surface area contributed by atoms with Gasteiger partial charge in [-0.1, -0.05) is 18.2 Å². The van der Waals surface area contributed by atoms with E-state index in [0.29, 0.717) is 29.7 Å². The molecule has 1 aliphatic rings. The Balaban J connectivity index is 1.43. The van der Waals surface area contributed by atoms with E-state index in [9.17, 15) is 18.8 Å². The number of amides is 2. The monoisotopic (exact) mass is 460 g/mol. The van der Waals surface area contributed by atoms with Crippen LogP contribution in [-0.4, -0.2) is 57.3 Å². The summed E-state index contributed by atoms with van der Waals surface area (Å²) in [5.41, 5.74) is 0.156. The number of halogens is 1. The summed E-state index contributed by atoms with van der Waals surface area (Å²) in [4.78, 5) is 46.7. The lowest BCUT2D eigenvalue weighted by atomic mass is 10.1. The molecule has 0 spiro atoms. The summed E-state index contributed by atoms with van der Waals surface area (Å²) >= 11 is 0. The van der Waals surface area contributed by atoms with Crippen LogP contribution in [0.15, 0.2) is 76.3 Å². The third-order valence-electron chi connectivity index (χ3n) is 5.95. The summed E-state index contributed by atoms with van der Waals surface area (Å²) < 4.78 is 20.8. The van der Waals surface area contributed by atoms with Crippen molar-refractivity contribution in [2.45, 2.75) is 6.54 Å². The van der Waals surface area contributed by atoms with Gasteiger partial charge in [0, 0.05) is 43.3 Å². The Kier molecular flexibility index (Phi) is 5.67. The first-order valence-corrected chi connectivity index (χ1v) is 10.9. The summed E-state index contributed by atoms with van der Waals surface area (Å²) in [6.45, 7) is 1.16. The van der Waals surface area contributed by atoms with E-state index in [1.54, 1.807) is 58.5 Å². The number of furan rings is 1. The minimum atomic E-state index is -0.534. The maximum absolute atomic E-state index is 14.3. The maximum atomic E-state index is 14.3. The topological polar surface area (TPSA) is 88.7 Å². The number of pyridine rings is 2. The average molecular weight is 460 g/mol. The van der Waals surface area contributed by atoms with Gasteiger partial charge in [0.1, 0.15) is 17.0 Å². The largest absolute Gasteiger partial charge is 0.459 e. The highest BCUT2D eigenvalue weighted by Gasteiger charge is 2.28. The summed E-state index contributed by atoms with van der Waals surface area (Å²) in [5, 5.41) is 0.605. The van der Waals surface area contributed by atoms with Crippen molar-refractivity contribution in [3.05, 3.63) is 100 Å². The van der Waals surface area contributed by atoms with E-state index in [4.69, 9.17) is 4.42 Å². The van der Waals surface area contributed by atoms with Gasteiger partial charge in [-0.05, 0) is 36.4 Å². The molecule has 0 unspecified atom stereocenters. The number of benzene rings is 1. The van der Waals surface area contributed by atoms with Crippen LogP contribution < -0.4 is 5.56 Å². The Morgan fingerprint density at radius 3 is 2.38 bits per heavy atom. The Morgan fingerprint density at radius 2 is 1.68 bits per heavy atom. The van der Waals surface area contributed by atoms with Crippen molar-refractivity contribution in [3.63, 3.8) is 0 Å². The number of carbonyl (C=O) groups excluding carboxylic acids is 2. The van der Waals surface area contributed by atoms with Crippen molar-refractivity contribution >= 4 is 22.8 Å². The molecule has 0 N–H and O–H groups in total. The number of hydrogen-bond donors (Lipinski definition) is 0. The number of hydrogen-bond acceptors (Lipinski definition) is 5. The highest BCUT2D eigenvalue weighted by molar-refractivity contribution is 5.97. The first kappa shape index (κ1) is 21.6. The quantitative estimate of drug-likeness (QED) is 0.467. The van der Waals surface area contributed by atoms with E-state index in [2.05, 4.69) is 4.98 Å². The number of piperazine rings is 1. The van der Waals surface area contributed by atoms with Crippen molar-refractivity contribution < 1.29 is 18.4 Å². The molecule has 0 saturated carbocycles. The maximum Gasteiger partial charge on any atom is 0.289 e. The molecular weight excluding hydrogens is 439 g/mol. The van der Waals surface area contributed by atoms with Gasteiger partial charge in [-0.25, -0.2) is 9.37 Å². The van der Waals surface area contributed by atoms with Crippen LogP contribution >= 0.6 is 0 Å². The van der Waals surface area contributed by atoms with E-state index >= 15 is 0 Å². The number of aromatic nitrogens is 2. The van der Waals surface area contributed by atoms with Crippen molar-refractivity contribution in [3.8, 4) is 0 Å². The first-order chi connectivity index (χ1) is 16.5. The molecule has 0 aliphatic carbocycles. The lowest BCUT2D eigenvalue weighted by Crippen LogP contribution is -2.51. The molecule has 8 nitrogen and oxygen atoms in total. The highest BCUT2D eigenvalue weighted by Crippen LogP contribution is 2.17. The van der Waals surface area contributed by atoms with Crippen molar-refractivity contribution in [1.29, 1.82) is 0 Å². The van der Waals surface area contributed by atoms with Crippen molar-refractivity contribution in [2.24, 2.45) is 0 Å². The van der Waals surface area contributed by atoms with Gasteiger partial charge in [0.15, 0.2) is 5.76 Å². The van der Waals surface area contributed by atoms with Gasteiger partial charge >= 0.3 is 0 Å². The van der Waals surface area contributed by atoms with Crippen LogP contribution in [0.1, 0.15) is 26.5 Å². The van der Waals surface area contributed by atoms with Gasteiger partial charge in [0.05, 0.1) is 12.8 Å². The lowest BCUT2D eigenvalue weighted by molar-refractivity contribution is 0.0517.